The summed E-state index contributed by atoms with van der Waals surface area (Å²) in [5.41, 5.74) is 6.07. The molecule has 0 N–H and O–H groups in total. The van der Waals surface area contributed by atoms with Gasteiger partial charge in [-0.25, -0.2) is 0 Å². The van der Waals surface area contributed by atoms with Crippen molar-refractivity contribution in [1.82, 2.24) is 10.2 Å². The number of thioether (sulfide) groups is 1. The summed E-state index contributed by atoms with van der Waals surface area (Å²) < 4.78 is 0. The first-order valence-electron chi connectivity index (χ1n) is 7.63. The van der Waals surface area contributed by atoms with Gasteiger partial charge >= 0.3 is 0 Å². The molecule has 0 spiro atoms. The molecular weight excluding hydrogens is 288 g/mol. The number of rotatable bonds is 5. The maximum absolute atomic E-state index is 4.26. The van der Waals surface area contributed by atoms with Gasteiger partial charge in [-0.15, -0.1) is 11.8 Å². The zero-order valence-electron chi connectivity index (χ0n) is 12.7. The quantitative estimate of drug-likeness (QED) is 0.775. The lowest BCUT2D eigenvalue weighted by Gasteiger charge is -2.17. The Morgan fingerprint density at radius 2 is 1.86 bits per heavy atom. The lowest BCUT2D eigenvalue weighted by molar-refractivity contribution is 0.889. The van der Waals surface area contributed by atoms with Crippen LogP contribution in [0.25, 0.3) is 11.1 Å². The molecule has 0 saturated heterocycles. The molecule has 0 aliphatic carbocycles. The van der Waals surface area contributed by atoms with Gasteiger partial charge in [0.25, 0.3) is 0 Å². The average molecular weight is 308 g/mol. The molecule has 112 valence electrons. The molecule has 0 saturated carbocycles. The molecule has 2 heterocycles. The Morgan fingerprint density at radius 3 is 2.64 bits per heavy atom. The van der Waals surface area contributed by atoms with Crippen LogP contribution in [-0.2, 0) is 6.42 Å². The topological polar surface area (TPSA) is 25.8 Å². The van der Waals surface area contributed by atoms with Crippen molar-refractivity contribution in [3.63, 3.8) is 0 Å². The van der Waals surface area contributed by atoms with Crippen LogP contribution in [0, 0.1) is 0 Å². The van der Waals surface area contributed by atoms with Crippen molar-refractivity contribution in [2.24, 2.45) is 0 Å². The van der Waals surface area contributed by atoms with E-state index in [1.807, 2.05) is 17.8 Å². The van der Waals surface area contributed by atoms with Gasteiger partial charge in [0.1, 0.15) is 0 Å². The molecule has 1 aromatic carbocycles. The van der Waals surface area contributed by atoms with Crippen LogP contribution in [0.5, 0.6) is 0 Å². The molecule has 3 heteroatoms. The molecule has 0 unspecified atom stereocenters. The maximum Gasteiger partial charge on any atom is 0.0571 e. The van der Waals surface area contributed by atoms with Gasteiger partial charge in [-0.2, -0.15) is 10.2 Å². The van der Waals surface area contributed by atoms with Crippen LogP contribution in [0.2, 0.25) is 0 Å². The van der Waals surface area contributed by atoms with Gasteiger partial charge in [0.05, 0.1) is 12.4 Å². The van der Waals surface area contributed by atoms with Crippen LogP contribution in [0.15, 0.2) is 54.7 Å². The zero-order chi connectivity index (χ0) is 15.4. The van der Waals surface area contributed by atoms with E-state index in [2.05, 4.69) is 41.6 Å². The highest BCUT2D eigenvalue weighted by molar-refractivity contribution is 7.99. The fourth-order valence-corrected chi connectivity index (χ4v) is 3.72. The fourth-order valence-electron chi connectivity index (χ4n) is 2.65. The van der Waals surface area contributed by atoms with Gasteiger partial charge in [0.15, 0.2) is 0 Å². The van der Waals surface area contributed by atoms with Crippen molar-refractivity contribution in [3.8, 4) is 0 Å². The summed E-state index contributed by atoms with van der Waals surface area (Å²) in [6.45, 7) is 8.41. The highest BCUT2D eigenvalue weighted by Gasteiger charge is 2.11. The van der Waals surface area contributed by atoms with E-state index in [9.17, 15) is 0 Å². The van der Waals surface area contributed by atoms with Crippen molar-refractivity contribution >= 4 is 22.9 Å². The van der Waals surface area contributed by atoms with Gasteiger partial charge in [-0.1, -0.05) is 25.3 Å². The lowest BCUT2D eigenvalue weighted by Crippen LogP contribution is -1.99. The number of aromatic nitrogens is 2. The van der Waals surface area contributed by atoms with Gasteiger partial charge in [-0.3, -0.25) is 0 Å². The molecule has 2 nitrogen and oxygen atoms in total. The number of nitrogens with zero attached hydrogens (tertiary/aromatic N) is 2. The Labute approximate surface area is 136 Å². The molecule has 0 amide bonds. The second kappa shape index (κ2) is 6.93. The molecule has 22 heavy (non-hydrogen) atoms. The highest BCUT2D eigenvalue weighted by Crippen LogP contribution is 2.33. The Morgan fingerprint density at radius 1 is 1.05 bits per heavy atom. The molecule has 0 radical (unpaired) electrons. The Balaban J connectivity index is 1.64. The summed E-state index contributed by atoms with van der Waals surface area (Å²) in [6, 6.07) is 8.74. The molecule has 1 aliphatic rings. The zero-order valence-corrected chi connectivity index (χ0v) is 13.5. The van der Waals surface area contributed by atoms with Crippen LogP contribution in [0.4, 0.5) is 0 Å². The molecule has 0 bridgehead atoms. The molecular formula is C19H20N2S. The van der Waals surface area contributed by atoms with Gasteiger partial charge < -0.3 is 0 Å². The van der Waals surface area contributed by atoms with E-state index in [-0.39, 0.29) is 0 Å². The van der Waals surface area contributed by atoms with Crippen molar-refractivity contribution in [2.45, 2.75) is 30.6 Å². The normalized spacial score (nSPS) is 13.5. The highest BCUT2D eigenvalue weighted by atomic mass is 32.2. The van der Waals surface area contributed by atoms with Gasteiger partial charge in [0, 0.05) is 4.90 Å². The number of hydrogen-bond acceptors (Lipinski definition) is 3. The predicted octanol–water partition coefficient (Wildman–Crippen LogP) is 5.02. The van der Waals surface area contributed by atoms with Gasteiger partial charge in [-0.05, 0) is 71.4 Å². The predicted molar refractivity (Wildman–Crippen MR) is 94.8 cm³/mol. The molecule has 2 aromatic rings. The van der Waals surface area contributed by atoms with Crippen LogP contribution in [0.3, 0.4) is 0 Å². The molecule has 0 fully saturated rings. The first-order chi connectivity index (χ1) is 10.7. The largest absolute Gasteiger partial charge is 0.159 e. The summed E-state index contributed by atoms with van der Waals surface area (Å²) >= 11 is 1.97. The minimum atomic E-state index is 0.898. The Kier molecular flexibility index (Phi) is 4.74. The third kappa shape index (κ3) is 3.47. The second-order valence-corrected chi connectivity index (χ2v) is 6.75. The van der Waals surface area contributed by atoms with E-state index in [1.54, 1.807) is 12.4 Å². The number of hydrogen-bond donors (Lipinski definition) is 0. The van der Waals surface area contributed by atoms with Crippen LogP contribution >= 0.6 is 11.8 Å². The fraction of sp³-hybridized carbons (Fsp3) is 0.263. The lowest BCUT2D eigenvalue weighted by atomic mass is 9.96. The third-order valence-corrected chi connectivity index (χ3v) is 5.23. The second-order valence-electron chi connectivity index (χ2n) is 5.61. The summed E-state index contributed by atoms with van der Waals surface area (Å²) in [7, 11) is 0. The molecule has 3 rings (SSSR count). The van der Waals surface area contributed by atoms with E-state index < -0.39 is 0 Å². The first-order valence-corrected chi connectivity index (χ1v) is 8.61. The maximum atomic E-state index is 4.26. The number of benzene rings is 1. The molecule has 1 aromatic heterocycles. The van der Waals surface area contributed by atoms with Crippen molar-refractivity contribution in [1.29, 1.82) is 0 Å². The van der Waals surface area contributed by atoms with Crippen molar-refractivity contribution in [2.75, 3.05) is 5.75 Å². The van der Waals surface area contributed by atoms with Crippen molar-refractivity contribution < 1.29 is 0 Å². The summed E-state index contributed by atoms with van der Waals surface area (Å²) in [5.74, 6) is 1.23. The summed E-state index contributed by atoms with van der Waals surface area (Å²) in [6.07, 6.45) is 7.79. The Bertz CT molecular complexity index is 692. The van der Waals surface area contributed by atoms with Crippen LogP contribution in [-0.4, -0.2) is 16.0 Å². The third-order valence-electron chi connectivity index (χ3n) is 4.04. The number of allylic oxidation sites excluding steroid dienone is 2. The van der Waals surface area contributed by atoms with Crippen LogP contribution < -0.4 is 0 Å². The number of aryl methyl sites for hydroxylation is 1. The summed E-state index contributed by atoms with van der Waals surface area (Å²) in [4.78, 5) is 1.43. The standard InChI is InChI=1S/C19H20N2S/c1-14(5-6-15(2)18-9-10-20-21-13-18)17-8-7-16-4-3-11-22-19(16)12-17/h7-10,12-13H,1-6,11H2. The monoisotopic (exact) mass is 308 g/mol. The van der Waals surface area contributed by atoms with E-state index in [0.29, 0.717) is 0 Å². The van der Waals surface area contributed by atoms with Gasteiger partial charge in [0.2, 0.25) is 0 Å². The van der Waals surface area contributed by atoms with E-state index in [1.165, 1.54) is 40.2 Å². The van der Waals surface area contributed by atoms with Crippen molar-refractivity contribution in [3.05, 3.63) is 66.5 Å². The first kappa shape index (κ1) is 15.0. The van der Waals surface area contributed by atoms with E-state index in [0.717, 1.165) is 24.0 Å². The van der Waals surface area contributed by atoms with Crippen LogP contribution in [0.1, 0.15) is 36.0 Å². The SMILES string of the molecule is C=C(CCC(=C)c1ccc2c(c1)SCCC2)c1ccnnc1. The number of fused-ring (bicyclic) bond motifs is 1. The average Bonchev–Trinajstić information content (AvgIpc) is 2.59. The Hall–Kier alpha value is -1.87. The summed E-state index contributed by atoms with van der Waals surface area (Å²) in [5, 5.41) is 7.70. The van der Waals surface area contributed by atoms with E-state index in [4.69, 9.17) is 0 Å². The minimum absolute atomic E-state index is 0.898. The molecule has 0 atom stereocenters. The smallest absolute Gasteiger partial charge is 0.0571 e. The minimum Gasteiger partial charge on any atom is -0.159 e. The van der Waals surface area contributed by atoms with E-state index >= 15 is 0 Å². The molecule has 1 aliphatic heterocycles.